The van der Waals surface area contributed by atoms with Crippen molar-refractivity contribution < 1.29 is 4.79 Å². The number of aryl methyl sites for hydroxylation is 2. The molecule has 0 unspecified atom stereocenters. The Bertz CT molecular complexity index is 1250. The number of aromatic nitrogens is 1. The fourth-order valence-electron chi connectivity index (χ4n) is 3.53. The zero-order valence-electron chi connectivity index (χ0n) is 16.6. The average Bonchev–Trinajstić information content (AvgIpc) is 2.70. The second-order valence-electron chi connectivity index (χ2n) is 7.26. The van der Waals surface area contributed by atoms with Crippen molar-refractivity contribution >= 4 is 34.1 Å². The van der Waals surface area contributed by atoms with Gasteiger partial charge in [-0.05, 0) is 56.2 Å². The van der Waals surface area contributed by atoms with Gasteiger partial charge in [0.05, 0.1) is 16.8 Å². The van der Waals surface area contributed by atoms with Crippen LogP contribution in [0.5, 0.6) is 0 Å². The first kappa shape index (κ1) is 19.2. The predicted octanol–water partition coefficient (Wildman–Crippen LogP) is 6.73. The van der Waals surface area contributed by atoms with Gasteiger partial charge in [-0.15, -0.1) is 0 Å². The number of pyridine rings is 1. The minimum absolute atomic E-state index is 0.181. The topological polar surface area (TPSA) is 42.0 Å². The summed E-state index contributed by atoms with van der Waals surface area (Å²) < 4.78 is 0. The number of hydrogen-bond acceptors (Lipinski definition) is 2. The molecule has 4 aromatic rings. The number of anilines is 1. The number of para-hydroxylation sites is 1. The van der Waals surface area contributed by atoms with E-state index in [9.17, 15) is 4.79 Å². The largest absolute Gasteiger partial charge is 0.322 e. The van der Waals surface area contributed by atoms with Crippen molar-refractivity contribution in [3.8, 4) is 11.3 Å². The van der Waals surface area contributed by atoms with Gasteiger partial charge < -0.3 is 5.32 Å². The lowest BCUT2D eigenvalue weighted by Crippen LogP contribution is -2.14. The van der Waals surface area contributed by atoms with E-state index >= 15 is 0 Å². The van der Waals surface area contributed by atoms with Gasteiger partial charge in [0.1, 0.15) is 0 Å². The molecule has 29 heavy (non-hydrogen) atoms. The first-order valence-corrected chi connectivity index (χ1v) is 9.86. The van der Waals surface area contributed by atoms with Crippen molar-refractivity contribution in [3.63, 3.8) is 0 Å². The van der Waals surface area contributed by atoms with Crippen molar-refractivity contribution in [1.82, 2.24) is 4.98 Å². The third-order valence-corrected chi connectivity index (χ3v) is 5.54. The number of halogens is 1. The average molecular weight is 401 g/mol. The third-order valence-electron chi connectivity index (χ3n) is 5.13. The number of rotatable bonds is 3. The molecule has 3 nitrogen and oxygen atoms in total. The van der Waals surface area contributed by atoms with E-state index in [0.717, 1.165) is 33.3 Å². The van der Waals surface area contributed by atoms with Crippen molar-refractivity contribution in [2.45, 2.75) is 20.8 Å². The van der Waals surface area contributed by atoms with E-state index in [4.69, 9.17) is 16.6 Å². The fraction of sp³-hybridized carbons (Fsp3) is 0.120. The molecule has 0 fully saturated rings. The summed E-state index contributed by atoms with van der Waals surface area (Å²) in [6.45, 7) is 6.02. The van der Waals surface area contributed by atoms with Crippen LogP contribution in [0.3, 0.4) is 0 Å². The van der Waals surface area contributed by atoms with Gasteiger partial charge in [0.15, 0.2) is 0 Å². The highest BCUT2D eigenvalue weighted by atomic mass is 35.5. The number of nitrogens with zero attached hydrogens (tertiary/aromatic N) is 1. The van der Waals surface area contributed by atoms with Crippen LogP contribution in [-0.2, 0) is 0 Å². The molecule has 0 spiro atoms. The number of carbonyl (C=O) groups is 1. The summed E-state index contributed by atoms with van der Waals surface area (Å²) in [5.74, 6) is -0.181. The van der Waals surface area contributed by atoms with E-state index in [1.165, 1.54) is 5.56 Å². The van der Waals surface area contributed by atoms with Crippen molar-refractivity contribution in [2.75, 3.05) is 5.32 Å². The minimum atomic E-state index is -0.181. The van der Waals surface area contributed by atoms with Gasteiger partial charge in [0.2, 0.25) is 0 Å². The maximum atomic E-state index is 13.2. The Kier molecular flexibility index (Phi) is 5.08. The third kappa shape index (κ3) is 3.74. The highest BCUT2D eigenvalue weighted by Crippen LogP contribution is 2.29. The lowest BCUT2D eigenvalue weighted by molar-refractivity contribution is 0.102. The molecule has 0 aliphatic rings. The molecule has 0 saturated carbocycles. The number of hydrogen-bond donors (Lipinski definition) is 1. The summed E-state index contributed by atoms with van der Waals surface area (Å²) in [6.07, 6.45) is 0. The monoisotopic (exact) mass is 400 g/mol. The first-order valence-electron chi connectivity index (χ1n) is 9.48. The van der Waals surface area contributed by atoms with Gasteiger partial charge in [-0.1, -0.05) is 59.6 Å². The molecule has 0 bridgehead atoms. The summed E-state index contributed by atoms with van der Waals surface area (Å²) in [7, 11) is 0. The Balaban J connectivity index is 1.84. The Morgan fingerprint density at radius 3 is 2.52 bits per heavy atom. The smallest absolute Gasteiger partial charge is 0.256 e. The van der Waals surface area contributed by atoms with Gasteiger partial charge in [0.25, 0.3) is 5.91 Å². The lowest BCUT2D eigenvalue weighted by Gasteiger charge is -2.13. The van der Waals surface area contributed by atoms with E-state index < -0.39 is 0 Å². The zero-order chi connectivity index (χ0) is 20.5. The fourth-order valence-corrected chi connectivity index (χ4v) is 3.71. The van der Waals surface area contributed by atoms with Gasteiger partial charge in [0, 0.05) is 21.7 Å². The molecule has 1 heterocycles. The summed E-state index contributed by atoms with van der Waals surface area (Å²) in [5, 5.41) is 4.45. The minimum Gasteiger partial charge on any atom is -0.322 e. The van der Waals surface area contributed by atoms with Gasteiger partial charge in [-0.3, -0.25) is 4.79 Å². The quantitative estimate of drug-likeness (QED) is 0.414. The second-order valence-corrected chi connectivity index (χ2v) is 7.66. The number of fused-ring (bicyclic) bond motifs is 1. The molecule has 4 rings (SSSR count). The molecule has 4 heteroatoms. The van der Waals surface area contributed by atoms with Crippen molar-refractivity contribution in [2.24, 2.45) is 0 Å². The van der Waals surface area contributed by atoms with Crippen LogP contribution in [0.25, 0.3) is 22.2 Å². The second kappa shape index (κ2) is 7.69. The molecular formula is C25H21ClN2O. The van der Waals surface area contributed by atoms with E-state index in [2.05, 4.69) is 37.4 Å². The van der Waals surface area contributed by atoms with Crippen LogP contribution in [0.1, 0.15) is 27.0 Å². The normalized spacial score (nSPS) is 10.9. The molecule has 0 saturated heterocycles. The molecule has 3 aromatic carbocycles. The number of benzene rings is 3. The Labute approximate surface area is 175 Å². The van der Waals surface area contributed by atoms with Crippen LogP contribution in [0.15, 0.2) is 66.7 Å². The van der Waals surface area contributed by atoms with Crippen LogP contribution in [-0.4, -0.2) is 10.9 Å². The Morgan fingerprint density at radius 1 is 0.931 bits per heavy atom. The van der Waals surface area contributed by atoms with Crippen LogP contribution >= 0.6 is 11.6 Å². The van der Waals surface area contributed by atoms with E-state index in [1.54, 1.807) is 0 Å². The van der Waals surface area contributed by atoms with Crippen LogP contribution in [0.2, 0.25) is 5.02 Å². The molecule has 1 amide bonds. The molecule has 1 aromatic heterocycles. The zero-order valence-corrected chi connectivity index (χ0v) is 17.3. The van der Waals surface area contributed by atoms with Crippen LogP contribution < -0.4 is 5.32 Å². The van der Waals surface area contributed by atoms with Crippen molar-refractivity contribution in [3.05, 3.63) is 94.0 Å². The van der Waals surface area contributed by atoms with Gasteiger partial charge in [-0.2, -0.15) is 0 Å². The summed E-state index contributed by atoms with van der Waals surface area (Å²) in [5.41, 5.74) is 7.06. The molecule has 144 valence electrons. The lowest BCUT2D eigenvalue weighted by atomic mass is 9.99. The molecule has 0 aliphatic carbocycles. The van der Waals surface area contributed by atoms with E-state index in [-0.39, 0.29) is 5.91 Å². The van der Waals surface area contributed by atoms with E-state index in [0.29, 0.717) is 16.3 Å². The van der Waals surface area contributed by atoms with Gasteiger partial charge >= 0.3 is 0 Å². The molecular weight excluding hydrogens is 380 g/mol. The standard InChI is InChI=1S/C25H21ClN2O/c1-15-11-12-18(16(2)13-15)24-14-20(19-7-4-5-9-23(19)27-24)25(29)28-22-10-6-8-21(26)17(22)3/h4-14H,1-3H3,(H,28,29). The molecule has 0 atom stereocenters. The van der Waals surface area contributed by atoms with Crippen LogP contribution in [0, 0.1) is 20.8 Å². The summed E-state index contributed by atoms with van der Waals surface area (Å²) >= 11 is 6.21. The van der Waals surface area contributed by atoms with Crippen molar-refractivity contribution in [1.29, 1.82) is 0 Å². The number of carbonyl (C=O) groups excluding carboxylic acids is 1. The number of nitrogens with one attached hydrogen (secondary N) is 1. The highest BCUT2D eigenvalue weighted by molar-refractivity contribution is 6.31. The predicted molar refractivity (Wildman–Crippen MR) is 121 cm³/mol. The maximum absolute atomic E-state index is 13.2. The number of amides is 1. The van der Waals surface area contributed by atoms with Crippen LogP contribution in [0.4, 0.5) is 5.69 Å². The van der Waals surface area contributed by atoms with E-state index in [1.807, 2.05) is 55.5 Å². The molecule has 0 radical (unpaired) electrons. The SMILES string of the molecule is Cc1ccc(-c2cc(C(=O)Nc3cccc(Cl)c3C)c3ccccc3n2)c(C)c1. The first-order chi connectivity index (χ1) is 13.9. The highest BCUT2D eigenvalue weighted by Gasteiger charge is 2.16. The Morgan fingerprint density at radius 2 is 1.72 bits per heavy atom. The summed E-state index contributed by atoms with van der Waals surface area (Å²) in [4.78, 5) is 18.0. The Hall–Kier alpha value is -3.17. The van der Waals surface area contributed by atoms with Gasteiger partial charge in [-0.25, -0.2) is 4.98 Å². The molecule has 0 aliphatic heterocycles. The summed E-state index contributed by atoms with van der Waals surface area (Å²) in [6, 6.07) is 21.3. The maximum Gasteiger partial charge on any atom is 0.256 e. The molecule has 1 N–H and O–H groups in total.